The second-order valence-corrected chi connectivity index (χ2v) is 4.33. The number of carboxylic acids is 1. The van der Waals surface area contributed by atoms with Crippen molar-refractivity contribution in [2.45, 2.75) is 19.9 Å². The Balaban J connectivity index is 3.21. The van der Waals surface area contributed by atoms with E-state index in [9.17, 15) is 9.90 Å². The van der Waals surface area contributed by atoms with Gasteiger partial charge in [0.2, 0.25) is 0 Å². The van der Waals surface area contributed by atoms with Gasteiger partial charge in [-0.2, -0.15) is 0 Å². The zero-order chi connectivity index (χ0) is 13.7. The van der Waals surface area contributed by atoms with Crippen LogP contribution in [0.5, 0.6) is 0 Å². The van der Waals surface area contributed by atoms with E-state index < -0.39 is 5.97 Å². The Kier molecular flexibility index (Phi) is 4.97. The highest BCUT2D eigenvalue weighted by Gasteiger charge is 2.20. The summed E-state index contributed by atoms with van der Waals surface area (Å²) < 4.78 is 5.05. The highest BCUT2D eigenvalue weighted by atomic mass is 16.5. The van der Waals surface area contributed by atoms with Crippen LogP contribution < -0.4 is 10.6 Å². The maximum absolute atomic E-state index is 11.3. The fraction of sp³-hybridized carbons (Fsp3) is 0.462. The first-order valence-corrected chi connectivity index (χ1v) is 5.86. The molecule has 0 radical (unpaired) electrons. The number of carboxylic acid groups (broad SMARTS) is 1. The second-order valence-electron chi connectivity index (χ2n) is 4.33. The molecule has 0 unspecified atom stereocenters. The molecule has 0 aliphatic carbocycles. The van der Waals surface area contributed by atoms with E-state index in [-0.39, 0.29) is 11.6 Å². The van der Waals surface area contributed by atoms with Crippen molar-refractivity contribution in [3.05, 3.63) is 23.8 Å². The minimum atomic E-state index is -0.972. The van der Waals surface area contributed by atoms with E-state index in [2.05, 4.69) is 0 Å². The fourth-order valence-electron chi connectivity index (χ4n) is 1.87. The van der Waals surface area contributed by atoms with Crippen LogP contribution in [0.2, 0.25) is 0 Å². The van der Waals surface area contributed by atoms with Crippen LogP contribution in [0, 0.1) is 0 Å². The first-order chi connectivity index (χ1) is 8.49. The van der Waals surface area contributed by atoms with E-state index in [1.807, 2.05) is 18.7 Å². The minimum Gasteiger partial charge on any atom is -0.478 e. The largest absolute Gasteiger partial charge is 0.478 e. The molecule has 0 saturated heterocycles. The van der Waals surface area contributed by atoms with Crippen LogP contribution in [0.3, 0.4) is 0 Å². The van der Waals surface area contributed by atoms with E-state index in [1.54, 1.807) is 25.3 Å². The molecule has 0 aromatic heterocycles. The zero-order valence-electron chi connectivity index (χ0n) is 11.0. The SMILES string of the molecule is COCCN(c1c(N)cccc1C(=O)O)C(C)C. The summed E-state index contributed by atoms with van der Waals surface area (Å²) in [5, 5.41) is 9.23. The minimum absolute atomic E-state index is 0.142. The number of nitrogens with zero attached hydrogens (tertiary/aromatic N) is 1. The Bertz CT molecular complexity index is 419. The average Bonchev–Trinajstić information content (AvgIpc) is 2.30. The molecule has 5 nitrogen and oxygen atoms in total. The normalized spacial score (nSPS) is 10.7. The van der Waals surface area contributed by atoms with Crippen molar-refractivity contribution in [3.8, 4) is 0 Å². The van der Waals surface area contributed by atoms with Gasteiger partial charge < -0.3 is 20.5 Å². The van der Waals surface area contributed by atoms with Gasteiger partial charge in [0.05, 0.1) is 23.5 Å². The van der Waals surface area contributed by atoms with Gasteiger partial charge in [-0.05, 0) is 26.0 Å². The Morgan fingerprint density at radius 3 is 2.67 bits per heavy atom. The number of para-hydroxylation sites is 1. The van der Waals surface area contributed by atoms with Crippen molar-refractivity contribution in [2.24, 2.45) is 0 Å². The number of carbonyl (C=O) groups is 1. The fourth-order valence-corrected chi connectivity index (χ4v) is 1.87. The molecule has 0 amide bonds. The van der Waals surface area contributed by atoms with Crippen molar-refractivity contribution in [1.29, 1.82) is 0 Å². The Hall–Kier alpha value is -1.75. The molecule has 1 aromatic carbocycles. The number of ether oxygens (including phenoxy) is 1. The number of nitrogen functional groups attached to an aromatic ring is 1. The van der Waals surface area contributed by atoms with E-state index in [4.69, 9.17) is 10.5 Å². The smallest absolute Gasteiger partial charge is 0.337 e. The summed E-state index contributed by atoms with van der Waals surface area (Å²) in [4.78, 5) is 13.2. The third kappa shape index (κ3) is 3.13. The third-order valence-electron chi connectivity index (χ3n) is 2.74. The van der Waals surface area contributed by atoms with Gasteiger partial charge in [0.1, 0.15) is 0 Å². The lowest BCUT2D eigenvalue weighted by atomic mass is 10.1. The maximum Gasteiger partial charge on any atom is 0.337 e. The molecule has 0 saturated carbocycles. The standard InChI is InChI=1S/C13H20N2O3/c1-9(2)15(7-8-18-3)12-10(13(16)17)5-4-6-11(12)14/h4-6,9H,7-8,14H2,1-3H3,(H,16,17). The number of aromatic carboxylic acids is 1. The molecule has 0 bridgehead atoms. The lowest BCUT2D eigenvalue weighted by Gasteiger charge is -2.31. The molecule has 1 aromatic rings. The van der Waals surface area contributed by atoms with E-state index in [1.165, 1.54) is 0 Å². The molecular weight excluding hydrogens is 232 g/mol. The summed E-state index contributed by atoms with van der Waals surface area (Å²) in [6.07, 6.45) is 0. The number of benzene rings is 1. The molecule has 3 N–H and O–H groups in total. The van der Waals surface area contributed by atoms with Crippen LogP contribution in [0.25, 0.3) is 0 Å². The van der Waals surface area contributed by atoms with Crippen molar-refractivity contribution < 1.29 is 14.6 Å². The Labute approximate surface area is 107 Å². The van der Waals surface area contributed by atoms with Gasteiger partial charge in [-0.3, -0.25) is 0 Å². The van der Waals surface area contributed by atoms with Crippen LogP contribution in [0.4, 0.5) is 11.4 Å². The Morgan fingerprint density at radius 1 is 1.50 bits per heavy atom. The first-order valence-electron chi connectivity index (χ1n) is 5.86. The van der Waals surface area contributed by atoms with Gasteiger partial charge in [-0.15, -0.1) is 0 Å². The second kappa shape index (κ2) is 6.26. The van der Waals surface area contributed by atoms with Crippen molar-refractivity contribution in [1.82, 2.24) is 0 Å². The van der Waals surface area contributed by atoms with Crippen LogP contribution >= 0.6 is 0 Å². The van der Waals surface area contributed by atoms with Crippen LogP contribution in [-0.2, 0) is 4.74 Å². The van der Waals surface area contributed by atoms with Gasteiger partial charge in [0.25, 0.3) is 0 Å². The highest BCUT2D eigenvalue weighted by Crippen LogP contribution is 2.29. The van der Waals surface area contributed by atoms with E-state index in [0.717, 1.165) is 0 Å². The summed E-state index contributed by atoms with van der Waals surface area (Å²) in [5.41, 5.74) is 7.18. The number of hydrogen-bond acceptors (Lipinski definition) is 4. The van der Waals surface area contributed by atoms with Crippen molar-refractivity contribution in [3.63, 3.8) is 0 Å². The number of nitrogens with two attached hydrogens (primary N) is 1. The van der Waals surface area contributed by atoms with Crippen molar-refractivity contribution >= 4 is 17.3 Å². The maximum atomic E-state index is 11.3. The molecule has 18 heavy (non-hydrogen) atoms. The number of methoxy groups -OCH3 is 1. The van der Waals surface area contributed by atoms with Gasteiger partial charge in [-0.1, -0.05) is 6.07 Å². The highest BCUT2D eigenvalue weighted by molar-refractivity contribution is 5.98. The molecule has 0 heterocycles. The molecule has 0 aliphatic rings. The topological polar surface area (TPSA) is 75.8 Å². The monoisotopic (exact) mass is 252 g/mol. The summed E-state index contributed by atoms with van der Waals surface area (Å²) in [6.45, 7) is 5.11. The lowest BCUT2D eigenvalue weighted by Crippen LogP contribution is -2.35. The van der Waals surface area contributed by atoms with Gasteiger partial charge >= 0.3 is 5.97 Å². The predicted octanol–water partition coefficient (Wildman–Crippen LogP) is 1.83. The molecule has 0 atom stereocenters. The Morgan fingerprint density at radius 2 is 2.17 bits per heavy atom. The summed E-state index contributed by atoms with van der Waals surface area (Å²) in [6, 6.07) is 5.07. The number of anilines is 2. The first kappa shape index (κ1) is 14.3. The quantitative estimate of drug-likeness (QED) is 0.755. The van der Waals surface area contributed by atoms with Crippen LogP contribution in [-0.4, -0.2) is 37.4 Å². The molecule has 0 aliphatic heterocycles. The average molecular weight is 252 g/mol. The van der Waals surface area contributed by atoms with Gasteiger partial charge in [0.15, 0.2) is 0 Å². The summed E-state index contributed by atoms with van der Waals surface area (Å²) in [7, 11) is 1.62. The molecular formula is C13H20N2O3. The van der Waals surface area contributed by atoms with Gasteiger partial charge in [-0.25, -0.2) is 4.79 Å². The van der Waals surface area contributed by atoms with Crippen LogP contribution in [0.15, 0.2) is 18.2 Å². The molecule has 0 fully saturated rings. The number of rotatable bonds is 6. The lowest BCUT2D eigenvalue weighted by molar-refractivity contribution is 0.0697. The molecule has 1 rings (SSSR count). The zero-order valence-corrected chi connectivity index (χ0v) is 11.0. The predicted molar refractivity (Wildman–Crippen MR) is 72.2 cm³/mol. The third-order valence-corrected chi connectivity index (χ3v) is 2.74. The molecule has 0 spiro atoms. The number of hydrogen-bond donors (Lipinski definition) is 2. The van der Waals surface area contributed by atoms with Gasteiger partial charge in [0, 0.05) is 19.7 Å². The molecule has 5 heteroatoms. The molecule has 100 valence electrons. The van der Waals surface area contributed by atoms with Crippen molar-refractivity contribution in [2.75, 3.05) is 30.9 Å². The van der Waals surface area contributed by atoms with E-state index >= 15 is 0 Å². The van der Waals surface area contributed by atoms with Crippen LogP contribution in [0.1, 0.15) is 24.2 Å². The summed E-state index contributed by atoms with van der Waals surface area (Å²) >= 11 is 0. The summed E-state index contributed by atoms with van der Waals surface area (Å²) in [5.74, 6) is -0.972. The van der Waals surface area contributed by atoms with E-state index in [0.29, 0.717) is 24.5 Å².